The molecule has 2 N–H and O–H groups in total. The van der Waals surface area contributed by atoms with Gasteiger partial charge in [-0.25, -0.2) is 9.67 Å². The molecule has 86 valence electrons. The minimum atomic E-state index is 0.545. The van der Waals surface area contributed by atoms with Gasteiger partial charge in [-0.3, -0.25) is 0 Å². The van der Waals surface area contributed by atoms with Crippen molar-refractivity contribution in [3.63, 3.8) is 0 Å². The van der Waals surface area contributed by atoms with Crippen LogP contribution in [0.1, 0.15) is 28.9 Å². The van der Waals surface area contributed by atoms with E-state index in [4.69, 9.17) is 5.73 Å². The van der Waals surface area contributed by atoms with Crippen LogP contribution >= 0.6 is 11.3 Å². The Balaban J connectivity index is 2.20. The number of nitrogens with two attached hydrogens (primary N) is 1. The second-order valence-corrected chi connectivity index (χ2v) is 4.99. The first-order valence-electron chi connectivity index (χ1n) is 5.30. The number of hydrogen-bond donors (Lipinski definition) is 1. The van der Waals surface area contributed by atoms with Gasteiger partial charge in [-0.1, -0.05) is 18.6 Å². The van der Waals surface area contributed by atoms with Crippen LogP contribution < -0.4 is 5.73 Å². The number of aryl methyl sites for hydroxylation is 1. The summed E-state index contributed by atoms with van der Waals surface area (Å²) < 4.78 is 1.87. The normalized spacial score (nSPS) is 10.9. The Labute approximate surface area is 98.3 Å². The average Bonchev–Trinajstić information content (AvgIpc) is 2.79. The van der Waals surface area contributed by atoms with Gasteiger partial charge in [0, 0.05) is 11.1 Å². The number of nitrogens with zero attached hydrogens (tertiary/aromatic N) is 4. The lowest BCUT2D eigenvalue weighted by atomic mass is 10.2. The first kappa shape index (κ1) is 11.1. The van der Waals surface area contributed by atoms with Crippen molar-refractivity contribution >= 4 is 17.2 Å². The minimum absolute atomic E-state index is 0.545. The first-order chi connectivity index (χ1) is 7.70. The third-order valence-corrected chi connectivity index (χ3v) is 3.23. The SMILES string of the molecule is CCCc1c(N)nnn1Cc1cnc(C)s1. The predicted molar refractivity (Wildman–Crippen MR) is 64.4 cm³/mol. The maximum atomic E-state index is 5.78. The van der Waals surface area contributed by atoms with Crippen molar-refractivity contribution in [1.29, 1.82) is 0 Å². The molecule has 6 heteroatoms. The van der Waals surface area contributed by atoms with Crippen LogP contribution in [-0.4, -0.2) is 20.0 Å². The van der Waals surface area contributed by atoms with Crippen molar-refractivity contribution in [1.82, 2.24) is 20.0 Å². The quantitative estimate of drug-likeness (QED) is 0.877. The van der Waals surface area contributed by atoms with Gasteiger partial charge in [0.25, 0.3) is 0 Å². The van der Waals surface area contributed by atoms with E-state index in [2.05, 4.69) is 22.2 Å². The largest absolute Gasteiger partial charge is 0.381 e. The van der Waals surface area contributed by atoms with Crippen LogP contribution in [-0.2, 0) is 13.0 Å². The number of rotatable bonds is 4. The summed E-state index contributed by atoms with van der Waals surface area (Å²) in [5.41, 5.74) is 6.80. The first-order valence-corrected chi connectivity index (χ1v) is 6.11. The average molecular weight is 237 g/mol. The Hall–Kier alpha value is -1.43. The summed E-state index contributed by atoms with van der Waals surface area (Å²) in [6.07, 6.45) is 3.84. The fraction of sp³-hybridized carbons (Fsp3) is 0.500. The van der Waals surface area contributed by atoms with Crippen LogP contribution in [0.4, 0.5) is 5.82 Å². The zero-order valence-corrected chi connectivity index (χ0v) is 10.3. The number of thiazole rings is 1. The summed E-state index contributed by atoms with van der Waals surface area (Å²) in [5, 5.41) is 9.04. The Morgan fingerprint density at radius 3 is 2.94 bits per heavy atom. The monoisotopic (exact) mass is 237 g/mol. The molecule has 0 aliphatic carbocycles. The molecular weight excluding hydrogens is 222 g/mol. The van der Waals surface area contributed by atoms with Crippen molar-refractivity contribution in [2.24, 2.45) is 0 Å². The molecule has 0 radical (unpaired) electrons. The van der Waals surface area contributed by atoms with E-state index < -0.39 is 0 Å². The van der Waals surface area contributed by atoms with Crippen molar-refractivity contribution in [3.05, 3.63) is 21.8 Å². The number of anilines is 1. The molecule has 0 aromatic carbocycles. The number of aromatic nitrogens is 4. The van der Waals surface area contributed by atoms with E-state index >= 15 is 0 Å². The molecule has 0 saturated carbocycles. The van der Waals surface area contributed by atoms with Gasteiger partial charge >= 0.3 is 0 Å². The van der Waals surface area contributed by atoms with Gasteiger partial charge in [-0.2, -0.15) is 0 Å². The van der Waals surface area contributed by atoms with E-state index in [0.29, 0.717) is 12.4 Å². The molecule has 2 rings (SSSR count). The molecule has 0 amide bonds. The fourth-order valence-corrected chi connectivity index (χ4v) is 2.37. The topological polar surface area (TPSA) is 69.6 Å². The van der Waals surface area contributed by atoms with E-state index in [1.165, 1.54) is 4.88 Å². The molecule has 0 fully saturated rings. The molecule has 0 atom stereocenters. The van der Waals surface area contributed by atoms with E-state index in [9.17, 15) is 0 Å². The molecular formula is C10H15N5S. The molecule has 0 aliphatic heterocycles. The summed E-state index contributed by atoms with van der Waals surface area (Å²) in [7, 11) is 0. The van der Waals surface area contributed by atoms with Gasteiger partial charge in [-0.05, 0) is 13.3 Å². The maximum absolute atomic E-state index is 5.78. The Kier molecular flexibility index (Phi) is 3.19. The van der Waals surface area contributed by atoms with Gasteiger partial charge in [0.05, 0.1) is 17.2 Å². The smallest absolute Gasteiger partial charge is 0.169 e. The zero-order valence-electron chi connectivity index (χ0n) is 9.47. The van der Waals surface area contributed by atoms with Crippen LogP contribution in [0.25, 0.3) is 0 Å². The summed E-state index contributed by atoms with van der Waals surface area (Å²) in [5.74, 6) is 0.545. The van der Waals surface area contributed by atoms with Crippen LogP contribution in [0.3, 0.4) is 0 Å². The van der Waals surface area contributed by atoms with Gasteiger partial charge < -0.3 is 5.73 Å². The summed E-state index contributed by atoms with van der Waals surface area (Å²) in [6, 6.07) is 0. The molecule has 16 heavy (non-hydrogen) atoms. The number of nitrogen functional groups attached to an aromatic ring is 1. The highest BCUT2D eigenvalue weighted by atomic mass is 32.1. The third-order valence-electron chi connectivity index (χ3n) is 2.33. The molecule has 2 heterocycles. The molecule has 0 bridgehead atoms. The minimum Gasteiger partial charge on any atom is -0.381 e. The second-order valence-electron chi connectivity index (χ2n) is 3.67. The van der Waals surface area contributed by atoms with Crippen molar-refractivity contribution < 1.29 is 0 Å². The maximum Gasteiger partial charge on any atom is 0.169 e. The van der Waals surface area contributed by atoms with Crippen LogP contribution in [0.15, 0.2) is 6.20 Å². The van der Waals surface area contributed by atoms with E-state index in [-0.39, 0.29) is 0 Å². The lowest BCUT2D eigenvalue weighted by molar-refractivity contribution is 0.618. The highest BCUT2D eigenvalue weighted by molar-refractivity contribution is 7.11. The van der Waals surface area contributed by atoms with Crippen molar-refractivity contribution in [2.45, 2.75) is 33.2 Å². The lowest BCUT2D eigenvalue weighted by Gasteiger charge is -2.03. The molecule has 0 spiro atoms. The van der Waals surface area contributed by atoms with Crippen LogP contribution in [0.2, 0.25) is 0 Å². The van der Waals surface area contributed by atoms with Gasteiger partial charge in [-0.15, -0.1) is 16.4 Å². The fourth-order valence-electron chi connectivity index (χ4n) is 1.59. The Morgan fingerprint density at radius 2 is 2.31 bits per heavy atom. The molecule has 0 aliphatic rings. The van der Waals surface area contributed by atoms with E-state index in [1.807, 2.05) is 17.8 Å². The predicted octanol–water partition coefficient (Wildman–Crippen LogP) is 1.63. The summed E-state index contributed by atoms with van der Waals surface area (Å²) in [4.78, 5) is 5.40. The molecule has 2 aromatic heterocycles. The molecule has 2 aromatic rings. The Morgan fingerprint density at radius 1 is 1.50 bits per heavy atom. The summed E-state index contributed by atoms with van der Waals surface area (Å²) >= 11 is 1.68. The lowest BCUT2D eigenvalue weighted by Crippen LogP contribution is -2.06. The van der Waals surface area contributed by atoms with Crippen molar-refractivity contribution in [3.8, 4) is 0 Å². The van der Waals surface area contributed by atoms with Crippen LogP contribution in [0, 0.1) is 6.92 Å². The zero-order chi connectivity index (χ0) is 11.5. The molecule has 0 saturated heterocycles. The summed E-state index contributed by atoms with van der Waals surface area (Å²) in [6.45, 7) is 4.83. The second kappa shape index (κ2) is 4.61. The van der Waals surface area contributed by atoms with Gasteiger partial charge in [0.15, 0.2) is 5.82 Å². The highest BCUT2D eigenvalue weighted by Gasteiger charge is 2.10. The highest BCUT2D eigenvalue weighted by Crippen LogP contribution is 2.16. The van der Waals surface area contributed by atoms with Crippen molar-refractivity contribution in [2.75, 3.05) is 5.73 Å². The van der Waals surface area contributed by atoms with Gasteiger partial charge in [0.1, 0.15) is 0 Å². The number of hydrogen-bond acceptors (Lipinski definition) is 5. The molecule has 5 nitrogen and oxygen atoms in total. The molecule has 0 unspecified atom stereocenters. The van der Waals surface area contributed by atoms with E-state index in [0.717, 1.165) is 23.5 Å². The third kappa shape index (κ3) is 2.21. The van der Waals surface area contributed by atoms with Gasteiger partial charge in [0.2, 0.25) is 0 Å². The Bertz CT molecular complexity index is 473. The standard InChI is InChI=1S/C10H15N5S/c1-3-4-9-10(11)13-14-15(9)6-8-5-12-7(2)16-8/h5H,3-4,6,11H2,1-2H3. The van der Waals surface area contributed by atoms with Crippen LogP contribution in [0.5, 0.6) is 0 Å². The van der Waals surface area contributed by atoms with E-state index in [1.54, 1.807) is 11.3 Å².